The fraction of sp³-hybridized carbons (Fsp3) is 0.0407. The summed E-state index contributed by atoms with van der Waals surface area (Å²) in [6, 6.07) is 155. The van der Waals surface area contributed by atoms with Gasteiger partial charge in [-0.3, -0.25) is 0 Å². The van der Waals surface area contributed by atoms with E-state index in [1.54, 1.807) is 0 Å². The first kappa shape index (κ1) is 74.4. The third-order valence-corrected chi connectivity index (χ3v) is 27.2. The van der Waals surface area contributed by atoms with Crippen molar-refractivity contribution < 1.29 is 0 Å². The van der Waals surface area contributed by atoms with Crippen molar-refractivity contribution in [3.8, 4) is 78.1 Å². The molecule has 590 valence electrons. The molecule has 24 aromatic rings. The van der Waals surface area contributed by atoms with Crippen molar-refractivity contribution in [2.45, 2.75) is 32.1 Å². The minimum Gasteiger partial charge on any atom is -0.218 e. The van der Waals surface area contributed by atoms with Gasteiger partial charge in [-0.25, -0.2) is 9.97 Å². The molecular weight excluding hydrogens is 1540 g/mol. The Morgan fingerprint density at radius 1 is 0.167 bits per heavy atom. The van der Waals surface area contributed by atoms with E-state index in [0.29, 0.717) is 0 Å². The molecule has 23 aromatic carbocycles. The van der Waals surface area contributed by atoms with E-state index in [-0.39, 0.29) is 5.28 Å². The summed E-state index contributed by atoms with van der Waals surface area (Å²) in [4.78, 5) is 8.57. The highest BCUT2D eigenvalue weighted by Crippen LogP contribution is 2.50. The van der Waals surface area contributed by atoms with Crippen LogP contribution in [0.2, 0.25) is 5.28 Å². The molecule has 29 rings (SSSR count). The number of hydrogen-bond donors (Lipinski definition) is 0. The summed E-state index contributed by atoms with van der Waals surface area (Å²) >= 11 is 6.03. The molecule has 5 aliphatic carbocycles. The van der Waals surface area contributed by atoms with Crippen molar-refractivity contribution in [3.05, 3.63) is 492 Å². The maximum Gasteiger partial charge on any atom is 0.223 e. The van der Waals surface area contributed by atoms with Crippen molar-refractivity contribution in [2.24, 2.45) is 0 Å². The minimum absolute atomic E-state index is 0.264. The normalized spacial score (nSPS) is 12.3. The smallest absolute Gasteiger partial charge is 0.218 e. The Hall–Kier alpha value is -15.5. The average Bonchev–Trinajstić information content (AvgIpc) is 0.883. The zero-order chi connectivity index (χ0) is 83.3. The van der Waals surface area contributed by atoms with E-state index in [1.165, 1.54) is 230 Å². The van der Waals surface area contributed by atoms with Gasteiger partial charge < -0.3 is 0 Å². The van der Waals surface area contributed by atoms with Crippen LogP contribution in [0.4, 0.5) is 0 Å². The zero-order valence-electron chi connectivity index (χ0n) is 69.3. The van der Waals surface area contributed by atoms with Crippen LogP contribution in [0.5, 0.6) is 0 Å². The number of aromatic nitrogens is 2. The number of fused-ring (bicyclic) bond motifs is 32. The number of nitrogens with zero attached hydrogens (tertiary/aromatic N) is 2. The molecular formula is C123H81ClN2. The van der Waals surface area contributed by atoms with Gasteiger partial charge in [-0.05, 0) is 280 Å². The molecule has 1 aromatic heterocycles. The molecule has 1 heterocycles. The van der Waals surface area contributed by atoms with E-state index in [9.17, 15) is 0 Å². The molecule has 0 amide bonds. The van der Waals surface area contributed by atoms with Gasteiger partial charge in [0.25, 0.3) is 0 Å². The van der Waals surface area contributed by atoms with Gasteiger partial charge in [0.1, 0.15) is 0 Å². The second-order valence-corrected chi connectivity index (χ2v) is 34.3. The molecule has 0 fully saturated rings. The van der Waals surface area contributed by atoms with Gasteiger partial charge in [0, 0.05) is 11.1 Å². The Bertz CT molecular complexity index is 8360. The highest BCUT2D eigenvalue weighted by Gasteiger charge is 2.28. The highest BCUT2D eigenvalue weighted by molar-refractivity contribution is 6.29. The maximum absolute atomic E-state index is 6.03. The lowest BCUT2D eigenvalue weighted by Gasteiger charge is -2.14. The summed E-state index contributed by atoms with van der Waals surface area (Å²) in [7, 11) is 0. The largest absolute Gasteiger partial charge is 0.223 e. The monoisotopic (exact) mass is 1620 g/mol. The number of halogens is 1. The van der Waals surface area contributed by atoms with Crippen molar-refractivity contribution >= 4 is 130 Å². The molecule has 0 saturated heterocycles. The second kappa shape index (κ2) is 31.2. The van der Waals surface area contributed by atoms with E-state index in [0.717, 1.165) is 54.6 Å². The fourth-order valence-corrected chi connectivity index (χ4v) is 21.5. The van der Waals surface area contributed by atoms with Gasteiger partial charge in [0.15, 0.2) is 0 Å². The van der Waals surface area contributed by atoms with Crippen LogP contribution in [0.1, 0.15) is 55.6 Å². The minimum atomic E-state index is 0.264. The summed E-state index contributed by atoms with van der Waals surface area (Å²) in [5.41, 5.74) is 32.6. The fourth-order valence-electron chi connectivity index (χ4n) is 21.3. The Balaban J connectivity index is 0.0000000847. The average molecular weight is 1620 g/mol. The highest BCUT2D eigenvalue weighted by atomic mass is 35.5. The van der Waals surface area contributed by atoms with Crippen LogP contribution >= 0.6 is 11.6 Å². The summed E-state index contributed by atoms with van der Waals surface area (Å²) < 4.78 is 0. The third-order valence-electron chi connectivity index (χ3n) is 27.0. The van der Waals surface area contributed by atoms with Crippen LogP contribution in [0.3, 0.4) is 0 Å². The van der Waals surface area contributed by atoms with Gasteiger partial charge in [0.05, 0.1) is 11.4 Å². The summed E-state index contributed by atoms with van der Waals surface area (Å²) in [5, 5.41) is 30.4. The van der Waals surface area contributed by atoms with E-state index < -0.39 is 0 Å². The summed E-state index contributed by atoms with van der Waals surface area (Å²) in [6.07, 6.45) is 5.28. The van der Waals surface area contributed by atoms with Crippen LogP contribution in [-0.4, -0.2) is 9.97 Å². The van der Waals surface area contributed by atoms with Crippen molar-refractivity contribution in [3.63, 3.8) is 0 Å². The van der Waals surface area contributed by atoms with Crippen molar-refractivity contribution in [1.29, 1.82) is 0 Å². The quantitative estimate of drug-likeness (QED) is 0.127. The molecule has 0 radical (unpaired) electrons. The van der Waals surface area contributed by atoms with Gasteiger partial charge in [0.2, 0.25) is 5.28 Å². The van der Waals surface area contributed by atoms with Crippen LogP contribution in [-0.2, 0) is 32.1 Å². The molecule has 0 saturated carbocycles. The molecule has 3 heteroatoms. The van der Waals surface area contributed by atoms with E-state index in [1.807, 2.05) is 66.7 Å². The first-order valence-electron chi connectivity index (χ1n) is 43.9. The first-order chi connectivity index (χ1) is 62.4. The third kappa shape index (κ3) is 12.9. The van der Waals surface area contributed by atoms with Gasteiger partial charge in [-0.1, -0.05) is 425 Å². The Labute approximate surface area is 736 Å². The van der Waals surface area contributed by atoms with Gasteiger partial charge >= 0.3 is 0 Å². The molecule has 0 unspecified atom stereocenters. The lowest BCUT2D eigenvalue weighted by molar-refractivity contribution is 1.18. The van der Waals surface area contributed by atoms with Crippen molar-refractivity contribution in [1.82, 2.24) is 9.97 Å². The van der Waals surface area contributed by atoms with Crippen molar-refractivity contribution in [2.75, 3.05) is 0 Å². The molecule has 0 bridgehead atoms. The van der Waals surface area contributed by atoms with Crippen LogP contribution in [0.25, 0.3) is 197 Å². The summed E-state index contributed by atoms with van der Waals surface area (Å²) in [5.74, 6) is 0. The number of benzene rings is 23. The molecule has 126 heavy (non-hydrogen) atoms. The molecule has 0 N–H and O–H groups in total. The Morgan fingerprint density at radius 2 is 0.500 bits per heavy atom. The summed E-state index contributed by atoms with van der Waals surface area (Å²) in [6.45, 7) is 0. The van der Waals surface area contributed by atoms with Crippen LogP contribution < -0.4 is 0 Å². The maximum atomic E-state index is 6.03. The standard InChI is InChI=1S/C23H14.4C21H14.C16H11ClN2/c1-2-7-19-16(4-1)12-18-13-17-9-8-14-5-3-6-15-10-11-20(22(18)19)23(17)21(14)15;1-3-7-17-14(5-1)9-12-20-19(17)11-10-16-13-15-6-2-4-8-18(15)21(16)20;1-3-7-16-14(5-1)9-11-18-19-12-10-15-6-2-4-8-17(15)21(19)13-20(16)18;1-3-7-17-14(5-1)11-12-19-20(17)13-16-10-9-15-6-2-4-8-18(15)21(16)19;1-3-7-16-14(5-1)9-10-20-18(16)11-12-19-17-8-4-2-6-15(17)13-21(19)20;17-16-18-14(12-7-3-1-4-8-12)11-15(19-16)13-9-5-2-6-10-13/h1-11,13H,12H2;4*1-12H,13H2;1-11H. The lowest BCUT2D eigenvalue weighted by atomic mass is 9.89. The molecule has 5 aliphatic rings. The Morgan fingerprint density at radius 3 is 1.09 bits per heavy atom. The number of rotatable bonds is 2. The second-order valence-electron chi connectivity index (χ2n) is 34.0. The Kier molecular flexibility index (Phi) is 18.4. The number of hydrogen-bond acceptors (Lipinski definition) is 2. The van der Waals surface area contributed by atoms with Gasteiger partial charge in [-0.2, -0.15) is 0 Å². The van der Waals surface area contributed by atoms with Crippen LogP contribution in [0.15, 0.2) is 431 Å². The van der Waals surface area contributed by atoms with E-state index >= 15 is 0 Å². The topological polar surface area (TPSA) is 25.8 Å². The zero-order valence-corrected chi connectivity index (χ0v) is 70.1. The predicted molar refractivity (Wildman–Crippen MR) is 535 cm³/mol. The molecule has 0 atom stereocenters. The SMILES string of the molecule is Clc1nc(-c2ccccc2)cc(-c2ccccc2)n1.c1ccc2c(c1)Cc1c-2ccc2c1ccc1ccccc12.c1ccc2c(c1)Cc1cc3ccc4cccc5ccc(c1-2)c3c45.c1ccc2c(c1)Cc1ccc3c(ccc4ccccc43)c1-2.c1ccc2c3c(ccc2c1)-c1c(ccc2ccccc12)C3.c1ccc2c3c(ccc2c1)-c1ccc2ccccc2c1C3. The van der Waals surface area contributed by atoms with E-state index in [4.69, 9.17) is 11.6 Å². The van der Waals surface area contributed by atoms with Gasteiger partial charge in [-0.15, -0.1) is 0 Å². The van der Waals surface area contributed by atoms with E-state index in [2.05, 4.69) is 374 Å². The molecule has 0 spiro atoms. The first-order valence-corrected chi connectivity index (χ1v) is 44.3. The van der Waals surface area contributed by atoms with Crippen LogP contribution in [0, 0.1) is 0 Å². The molecule has 0 aliphatic heterocycles. The lowest BCUT2D eigenvalue weighted by Crippen LogP contribution is -1.91. The molecule has 2 nitrogen and oxygen atoms in total. The predicted octanol–water partition coefficient (Wildman–Crippen LogP) is 32.9.